The number of alkyl halides is 3. The SMILES string of the molecule is CCCCCCCCCc1ccc(-c2noc(C3CCCN(C(=N)N)C3)n2)cc1C(F)(F)F.Cl. The van der Waals surface area contributed by atoms with E-state index in [0.29, 0.717) is 36.5 Å². The molecule has 34 heavy (non-hydrogen) atoms. The number of hydrogen-bond acceptors (Lipinski definition) is 4. The molecule has 0 saturated carbocycles. The summed E-state index contributed by atoms with van der Waals surface area (Å²) in [4.78, 5) is 6.11. The smallest absolute Gasteiger partial charge is 0.370 e. The maximum Gasteiger partial charge on any atom is 0.416 e. The van der Waals surface area contributed by atoms with E-state index in [2.05, 4.69) is 17.1 Å². The zero-order chi connectivity index (χ0) is 23.8. The first-order valence-corrected chi connectivity index (χ1v) is 11.9. The summed E-state index contributed by atoms with van der Waals surface area (Å²) >= 11 is 0. The van der Waals surface area contributed by atoms with Crippen molar-refractivity contribution in [3.05, 3.63) is 35.2 Å². The highest BCUT2D eigenvalue weighted by molar-refractivity contribution is 5.85. The van der Waals surface area contributed by atoms with Crippen molar-refractivity contribution in [3.63, 3.8) is 0 Å². The zero-order valence-electron chi connectivity index (χ0n) is 19.7. The third-order valence-electron chi connectivity index (χ3n) is 6.28. The van der Waals surface area contributed by atoms with Gasteiger partial charge in [0, 0.05) is 18.7 Å². The molecule has 1 fully saturated rings. The van der Waals surface area contributed by atoms with Gasteiger partial charge >= 0.3 is 6.18 Å². The number of aromatic nitrogens is 2. The number of piperidine rings is 1. The average molecular weight is 502 g/mol. The zero-order valence-corrected chi connectivity index (χ0v) is 20.5. The second-order valence-corrected chi connectivity index (χ2v) is 8.87. The fraction of sp³-hybridized carbons (Fsp3) is 0.625. The van der Waals surface area contributed by atoms with Crippen LogP contribution in [0.1, 0.15) is 87.6 Å². The average Bonchev–Trinajstić information content (AvgIpc) is 3.28. The molecule has 0 bridgehead atoms. The Hall–Kier alpha value is -2.29. The number of aryl methyl sites for hydroxylation is 1. The van der Waals surface area contributed by atoms with Gasteiger partial charge in [0.05, 0.1) is 11.5 Å². The molecule has 1 aliphatic heterocycles. The molecule has 0 aliphatic carbocycles. The van der Waals surface area contributed by atoms with Gasteiger partial charge in [0.2, 0.25) is 11.7 Å². The van der Waals surface area contributed by atoms with Gasteiger partial charge in [0.25, 0.3) is 0 Å². The van der Waals surface area contributed by atoms with Crippen LogP contribution in [0.2, 0.25) is 0 Å². The largest absolute Gasteiger partial charge is 0.416 e. The Bertz CT molecular complexity index is 918. The Morgan fingerprint density at radius 1 is 1.18 bits per heavy atom. The van der Waals surface area contributed by atoms with E-state index < -0.39 is 11.7 Å². The van der Waals surface area contributed by atoms with Crippen LogP contribution in [-0.4, -0.2) is 34.1 Å². The number of rotatable bonds is 10. The lowest BCUT2D eigenvalue weighted by Gasteiger charge is -2.30. The van der Waals surface area contributed by atoms with E-state index >= 15 is 0 Å². The molecule has 1 aliphatic rings. The molecule has 1 aromatic heterocycles. The maximum atomic E-state index is 13.8. The van der Waals surface area contributed by atoms with E-state index in [4.69, 9.17) is 15.7 Å². The van der Waals surface area contributed by atoms with Gasteiger partial charge in [-0.1, -0.05) is 62.7 Å². The number of nitrogens with zero attached hydrogens (tertiary/aromatic N) is 3. The number of nitrogens with two attached hydrogens (primary N) is 1. The van der Waals surface area contributed by atoms with Crippen molar-refractivity contribution >= 4 is 18.4 Å². The van der Waals surface area contributed by atoms with Crippen LogP contribution < -0.4 is 5.73 Å². The second kappa shape index (κ2) is 13.0. The number of halogens is 4. The second-order valence-electron chi connectivity index (χ2n) is 8.87. The van der Waals surface area contributed by atoms with E-state index in [1.807, 2.05) is 0 Å². The molecule has 10 heteroatoms. The summed E-state index contributed by atoms with van der Waals surface area (Å²) in [5, 5.41) is 11.6. The van der Waals surface area contributed by atoms with Gasteiger partial charge in [-0.2, -0.15) is 18.2 Å². The van der Waals surface area contributed by atoms with E-state index in [0.717, 1.165) is 44.6 Å². The molecule has 1 unspecified atom stereocenters. The van der Waals surface area contributed by atoms with Crippen molar-refractivity contribution in [2.24, 2.45) is 5.73 Å². The number of likely N-dealkylation sites (tertiary alicyclic amines) is 1. The lowest BCUT2D eigenvalue weighted by atomic mass is 9.97. The van der Waals surface area contributed by atoms with Crippen molar-refractivity contribution in [3.8, 4) is 11.4 Å². The Kier molecular flexibility index (Phi) is 10.7. The van der Waals surface area contributed by atoms with Crippen molar-refractivity contribution < 1.29 is 17.7 Å². The van der Waals surface area contributed by atoms with E-state index in [1.165, 1.54) is 19.3 Å². The molecule has 0 radical (unpaired) electrons. The highest BCUT2D eigenvalue weighted by Gasteiger charge is 2.34. The van der Waals surface area contributed by atoms with Gasteiger partial charge < -0.3 is 15.2 Å². The van der Waals surface area contributed by atoms with Crippen LogP contribution in [0.5, 0.6) is 0 Å². The number of guanidine groups is 1. The topological polar surface area (TPSA) is 92.0 Å². The summed E-state index contributed by atoms with van der Waals surface area (Å²) in [5.74, 6) is 0.419. The first kappa shape index (κ1) is 28.0. The molecule has 0 spiro atoms. The normalized spacial score (nSPS) is 16.4. The highest BCUT2D eigenvalue weighted by Crippen LogP contribution is 2.36. The van der Waals surface area contributed by atoms with Crippen LogP contribution in [0.15, 0.2) is 22.7 Å². The van der Waals surface area contributed by atoms with Crippen LogP contribution in [-0.2, 0) is 12.6 Å². The minimum Gasteiger partial charge on any atom is -0.370 e. The van der Waals surface area contributed by atoms with Gasteiger partial charge in [-0.05, 0) is 37.3 Å². The summed E-state index contributed by atoms with van der Waals surface area (Å²) in [7, 11) is 0. The van der Waals surface area contributed by atoms with Crippen LogP contribution in [0, 0.1) is 5.41 Å². The fourth-order valence-electron chi connectivity index (χ4n) is 4.39. The molecule has 2 aromatic rings. The minimum absolute atomic E-state index is 0. The van der Waals surface area contributed by atoms with Crippen LogP contribution >= 0.6 is 12.4 Å². The molecular weight excluding hydrogens is 467 g/mol. The van der Waals surface area contributed by atoms with E-state index in [1.54, 1.807) is 17.0 Å². The van der Waals surface area contributed by atoms with Crippen molar-refractivity contribution in [1.29, 1.82) is 5.41 Å². The van der Waals surface area contributed by atoms with E-state index in [9.17, 15) is 13.2 Å². The lowest BCUT2D eigenvalue weighted by Crippen LogP contribution is -2.42. The van der Waals surface area contributed by atoms with Crippen molar-refractivity contribution in [2.75, 3.05) is 13.1 Å². The standard InChI is InChI=1S/C24H34F3N5O.ClH/c1-2-3-4-5-6-7-8-10-17-12-13-18(15-20(17)24(25,26)27)21-30-22(33-31-21)19-11-9-14-32(16-19)23(28)29;/h12-13,15,19H,2-11,14,16H2,1H3,(H3,28,29);1H. The molecule has 6 nitrogen and oxygen atoms in total. The summed E-state index contributed by atoms with van der Waals surface area (Å²) < 4.78 is 46.7. The third kappa shape index (κ3) is 7.61. The first-order valence-electron chi connectivity index (χ1n) is 11.9. The summed E-state index contributed by atoms with van der Waals surface area (Å²) in [6, 6.07) is 4.32. The number of hydrogen-bond donors (Lipinski definition) is 2. The Morgan fingerprint density at radius 3 is 2.56 bits per heavy atom. The maximum absolute atomic E-state index is 13.8. The number of unbranched alkanes of at least 4 members (excludes halogenated alkanes) is 6. The van der Waals surface area contributed by atoms with Crippen LogP contribution in [0.4, 0.5) is 13.2 Å². The molecule has 1 atom stereocenters. The van der Waals surface area contributed by atoms with Gasteiger partial charge in [-0.25, -0.2) is 0 Å². The third-order valence-corrected chi connectivity index (χ3v) is 6.28. The van der Waals surface area contributed by atoms with Gasteiger partial charge in [0.15, 0.2) is 5.96 Å². The quantitative estimate of drug-likeness (QED) is 0.219. The Balaban J connectivity index is 0.00000408. The van der Waals surface area contributed by atoms with E-state index in [-0.39, 0.29) is 30.1 Å². The van der Waals surface area contributed by atoms with Gasteiger partial charge in [-0.3, -0.25) is 5.41 Å². The molecular formula is C24H35ClF3N5O. The summed E-state index contributed by atoms with van der Waals surface area (Å²) in [6.07, 6.45) is 5.08. The molecule has 190 valence electrons. The van der Waals surface area contributed by atoms with Gasteiger partial charge in [-0.15, -0.1) is 12.4 Å². The minimum atomic E-state index is -4.44. The predicted octanol–water partition coefficient (Wildman–Crippen LogP) is 6.54. The monoisotopic (exact) mass is 501 g/mol. The molecule has 0 amide bonds. The highest BCUT2D eigenvalue weighted by atomic mass is 35.5. The van der Waals surface area contributed by atoms with Crippen LogP contribution in [0.3, 0.4) is 0 Å². The van der Waals surface area contributed by atoms with Crippen molar-refractivity contribution in [2.45, 2.75) is 83.2 Å². The summed E-state index contributed by atoms with van der Waals surface area (Å²) in [6.45, 7) is 3.35. The fourth-order valence-corrected chi connectivity index (χ4v) is 4.39. The van der Waals surface area contributed by atoms with Crippen LogP contribution in [0.25, 0.3) is 11.4 Å². The predicted molar refractivity (Wildman–Crippen MR) is 129 cm³/mol. The molecule has 2 heterocycles. The van der Waals surface area contributed by atoms with Crippen molar-refractivity contribution in [1.82, 2.24) is 15.0 Å². The lowest BCUT2D eigenvalue weighted by molar-refractivity contribution is -0.138. The molecule has 3 N–H and O–H groups in total. The number of benzene rings is 1. The summed E-state index contributed by atoms with van der Waals surface area (Å²) in [5.41, 5.74) is 5.56. The Labute approximate surface area is 205 Å². The van der Waals surface area contributed by atoms with Gasteiger partial charge in [0.1, 0.15) is 0 Å². The number of nitrogens with one attached hydrogen (secondary N) is 1. The molecule has 1 aromatic carbocycles. The Morgan fingerprint density at radius 2 is 1.88 bits per heavy atom. The molecule has 1 saturated heterocycles. The molecule has 3 rings (SSSR count). The first-order chi connectivity index (χ1) is 15.8.